The van der Waals surface area contributed by atoms with Crippen molar-refractivity contribution < 1.29 is 9.90 Å². The van der Waals surface area contributed by atoms with Crippen LogP contribution >= 0.6 is 0 Å². The predicted octanol–water partition coefficient (Wildman–Crippen LogP) is 4.27. The highest BCUT2D eigenvalue weighted by atomic mass is 16.4. The maximum Gasteiger partial charge on any atom is 0.309 e. The standard InChI is InChI=1S/C17H26O2/c1-10-11(2)13(4)15(14(5)12(10)3)8-9-17(6,7)16(18)19/h8-9H2,1-7H3,(H,18,19). The van der Waals surface area contributed by atoms with Crippen molar-refractivity contribution in [3.63, 3.8) is 0 Å². The van der Waals surface area contributed by atoms with Crippen LogP contribution in [0.3, 0.4) is 0 Å². The lowest BCUT2D eigenvalue weighted by atomic mass is 9.82. The average molecular weight is 262 g/mol. The molecular formula is C17H26O2. The predicted molar refractivity (Wildman–Crippen MR) is 79.9 cm³/mol. The highest BCUT2D eigenvalue weighted by molar-refractivity contribution is 5.73. The van der Waals surface area contributed by atoms with E-state index in [1.165, 1.54) is 33.4 Å². The molecule has 2 heteroatoms. The van der Waals surface area contributed by atoms with E-state index in [2.05, 4.69) is 34.6 Å². The normalized spacial score (nSPS) is 11.7. The van der Waals surface area contributed by atoms with Gasteiger partial charge in [-0.25, -0.2) is 0 Å². The largest absolute Gasteiger partial charge is 0.481 e. The SMILES string of the molecule is Cc1c(C)c(C)c(CCC(C)(C)C(=O)O)c(C)c1C. The van der Waals surface area contributed by atoms with Gasteiger partial charge >= 0.3 is 5.97 Å². The van der Waals surface area contributed by atoms with Crippen molar-refractivity contribution in [3.05, 3.63) is 33.4 Å². The third kappa shape index (κ3) is 2.99. The molecule has 0 spiro atoms. The molecule has 0 aliphatic heterocycles. The molecule has 0 bridgehead atoms. The summed E-state index contributed by atoms with van der Waals surface area (Å²) < 4.78 is 0. The lowest BCUT2D eigenvalue weighted by molar-refractivity contribution is -0.147. The molecule has 19 heavy (non-hydrogen) atoms. The van der Waals surface area contributed by atoms with Crippen LogP contribution < -0.4 is 0 Å². The smallest absolute Gasteiger partial charge is 0.309 e. The molecular weight excluding hydrogens is 236 g/mol. The molecule has 0 atom stereocenters. The number of hydrogen-bond acceptors (Lipinski definition) is 1. The Morgan fingerprint density at radius 2 is 1.26 bits per heavy atom. The van der Waals surface area contributed by atoms with Crippen LogP contribution in [0.5, 0.6) is 0 Å². The molecule has 0 heterocycles. The monoisotopic (exact) mass is 262 g/mol. The fourth-order valence-corrected chi connectivity index (χ4v) is 2.50. The third-order valence-corrected chi connectivity index (χ3v) is 4.73. The Hall–Kier alpha value is -1.31. The average Bonchev–Trinajstić information content (AvgIpc) is 2.33. The Labute approximate surface area is 116 Å². The maximum absolute atomic E-state index is 11.2. The molecule has 0 radical (unpaired) electrons. The van der Waals surface area contributed by atoms with E-state index in [0.29, 0.717) is 6.42 Å². The van der Waals surface area contributed by atoms with E-state index < -0.39 is 11.4 Å². The highest BCUT2D eigenvalue weighted by Gasteiger charge is 2.27. The lowest BCUT2D eigenvalue weighted by Crippen LogP contribution is -2.24. The first-order chi connectivity index (χ1) is 8.59. The second kappa shape index (κ2) is 5.36. The van der Waals surface area contributed by atoms with Gasteiger partial charge in [0.25, 0.3) is 0 Å². The van der Waals surface area contributed by atoms with Gasteiger partial charge in [-0.2, -0.15) is 0 Å². The van der Waals surface area contributed by atoms with Crippen LogP contribution in [0.4, 0.5) is 0 Å². The van der Waals surface area contributed by atoms with Gasteiger partial charge in [-0.05, 0) is 94.7 Å². The molecule has 0 fully saturated rings. The van der Waals surface area contributed by atoms with Gasteiger partial charge in [-0.1, -0.05) is 0 Å². The van der Waals surface area contributed by atoms with Crippen LogP contribution in [-0.2, 0) is 11.2 Å². The molecule has 1 aromatic rings. The number of rotatable bonds is 4. The summed E-state index contributed by atoms with van der Waals surface area (Å²) in [4.78, 5) is 11.2. The van der Waals surface area contributed by atoms with E-state index >= 15 is 0 Å². The van der Waals surface area contributed by atoms with Crippen LogP contribution in [0, 0.1) is 40.0 Å². The van der Waals surface area contributed by atoms with Crippen LogP contribution in [0.25, 0.3) is 0 Å². The van der Waals surface area contributed by atoms with Crippen LogP contribution in [0.15, 0.2) is 0 Å². The van der Waals surface area contributed by atoms with Gasteiger partial charge < -0.3 is 5.11 Å². The van der Waals surface area contributed by atoms with Crippen molar-refractivity contribution in [1.29, 1.82) is 0 Å². The van der Waals surface area contributed by atoms with E-state index in [-0.39, 0.29) is 0 Å². The summed E-state index contributed by atoms with van der Waals surface area (Å²) in [6.07, 6.45) is 1.50. The molecule has 1 aromatic carbocycles. The summed E-state index contributed by atoms with van der Waals surface area (Å²) in [6, 6.07) is 0. The zero-order chi connectivity index (χ0) is 15.0. The Kier molecular flexibility index (Phi) is 4.44. The number of hydrogen-bond donors (Lipinski definition) is 1. The first kappa shape index (κ1) is 15.7. The van der Waals surface area contributed by atoms with E-state index in [1.807, 2.05) is 0 Å². The van der Waals surface area contributed by atoms with Crippen molar-refractivity contribution in [3.8, 4) is 0 Å². The zero-order valence-corrected chi connectivity index (χ0v) is 13.3. The lowest BCUT2D eigenvalue weighted by Gasteiger charge is -2.23. The Morgan fingerprint density at radius 1 is 0.895 bits per heavy atom. The molecule has 0 aliphatic rings. The minimum atomic E-state index is -0.719. The first-order valence-corrected chi connectivity index (χ1v) is 6.88. The molecule has 0 aromatic heterocycles. The number of aliphatic carboxylic acids is 1. The molecule has 2 nitrogen and oxygen atoms in total. The zero-order valence-electron chi connectivity index (χ0n) is 13.3. The molecule has 0 saturated heterocycles. The second-order valence-electron chi connectivity index (χ2n) is 6.29. The number of carboxylic acids is 1. The molecule has 0 aliphatic carbocycles. The summed E-state index contributed by atoms with van der Waals surface area (Å²) in [7, 11) is 0. The van der Waals surface area contributed by atoms with Crippen molar-refractivity contribution in [2.24, 2.45) is 5.41 Å². The summed E-state index contributed by atoms with van der Waals surface area (Å²) in [5.74, 6) is -0.719. The second-order valence-corrected chi connectivity index (χ2v) is 6.29. The fraction of sp³-hybridized carbons (Fsp3) is 0.588. The van der Waals surface area contributed by atoms with Gasteiger partial charge in [0.15, 0.2) is 0 Å². The molecule has 1 rings (SSSR count). The van der Waals surface area contributed by atoms with E-state index in [1.54, 1.807) is 13.8 Å². The number of carboxylic acid groups (broad SMARTS) is 1. The van der Waals surface area contributed by atoms with E-state index in [0.717, 1.165) is 6.42 Å². The summed E-state index contributed by atoms with van der Waals surface area (Å²) in [5, 5.41) is 9.21. The Morgan fingerprint density at radius 3 is 1.63 bits per heavy atom. The molecule has 0 amide bonds. The van der Waals surface area contributed by atoms with E-state index in [9.17, 15) is 9.90 Å². The molecule has 106 valence electrons. The van der Waals surface area contributed by atoms with Gasteiger partial charge in [0.1, 0.15) is 0 Å². The molecule has 1 N–H and O–H groups in total. The van der Waals surface area contributed by atoms with Crippen LogP contribution in [0.2, 0.25) is 0 Å². The van der Waals surface area contributed by atoms with Crippen molar-refractivity contribution >= 4 is 5.97 Å². The minimum absolute atomic E-state index is 0.661. The van der Waals surface area contributed by atoms with Crippen molar-refractivity contribution in [2.45, 2.75) is 61.3 Å². The maximum atomic E-state index is 11.2. The Bertz CT molecular complexity index is 481. The number of benzene rings is 1. The van der Waals surface area contributed by atoms with Gasteiger partial charge in [-0.3, -0.25) is 4.79 Å². The Balaban J connectivity index is 3.13. The van der Waals surface area contributed by atoms with Gasteiger partial charge in [0.05, 0.1) is 5.41 Å². The van der Waals surface area contributed by atoms with Crippen LogP contribution in [0.1, 0.15) is 53.6 Å². The summed E-state index contributed by atoms with van der Waals surface area (Å²) in [6.45, 7) is 14.4. The fourth-order valence-electron chi connectivity index (χ4n) is 2.50. The number of carbonyl (C=O) groups is 1. The third-order valence-electron chi connectivity index (χ3n) is 4.73. The van der Waals surface area contributed by atoms with Gasteiger partial charge in [0.2, 0.25) is 0 Å². The quantitative estimate of drug-likeness (QED) is 0.879. The summed E-state index contributed by atoms with van der Waals surface area (Å²) >= 11 is 0. The minimum Gasteiger partial charge on any atom is -0.481 e. The first-order valence-electron chi connectivity index (χ1n) is 6.88. The topological polar surface area (TPSA) is 37.3 Å². The van der Waals surface area contributed by atoms with Crippen molar-refractivity contribution in [1.82, 2.24) is 0 Å². The van der Waals surface area contributed by atoms with Gasteiger partial charge in [-0.15, -0.1) is 0 Å². The molecule has 0 unspecified atom stereocenters. The van der Waals surface area contributed by atoms with Gasteiger partial charge in [0, 0.05) is 0 Å². The summed E-state index contributed by atoms with van der Waals surface area (Å²) in [5.41, 5.74) is 7.35. The van der Waals surface area contributed by atoms with Crippen LogP contribution in [-0.4, -0.2) is 11.1 Å². The highest BCUT2D eigenvalue weighted by Crippen LogP contribution is 2.30. The van der Waals surface area contributed by atoms with E-state index in [4.69, 9.17) is 0 Å². The van der Waals surface area contributed by atoms with Crippen molar-refractivity contribution in [2.75, 3.05) is 0 Å². The molecule has 0 saturated carbocycles.